The van der Waals surface area contributed by atoms with E-state index in [-0.39, 0.29) is 26.4 Å². The molecule has 0 aromatic rings. The van der Waals surface area contributed by atoms with E-state index in [4.69, 9.17) is 18.9 Å². The summed E-state index contributed by atoms with van der Waals surface area (Å²) >= 11 is 0. The van der Waals surface area contributed by atoms with Crippen LogP contribution in [0.15, 0.2) is 48.6 Å². The highest BCUT2D eigenvalue weighted by Gasteiger charge is 2.05. The van der Waals surface area contributed by atoms with Gasteiger partial charge in [0.2, 0.25) is 0 Å². The van der Waals surface area contributed by atoms with Crippen molar-refractivity contribution in [2.75, 3.05) is 52.9 Å². The number of hydrogen-bond donors (Lipinski definition) is 0. The summed E-state index contributed by atoms with van der Waals surface area (Å²) in [7, 11) is 0. The van der Waals surface area contributed by atoms with Crippen molar-refractivity contribution in [3.8, 4) is 0 Å². The maximum absolute atomic E-state index is 11.0. The van der Waals surface area contributed by atoms with Crippen molar-refractivity contribution in [3.63, 3.8) is 0 Å². The highest BCUT2D eigenvalue weighted by Crippen LogP contribution is 1.95. The van der Waals surface area contributed by atoms with Gasteiger partial charge in [-0.15, -0.1) is 0 Å². The Labute approximate surface area is 201 Å². The molecule has 0 unspecified atom stereocenters. The van der Waals surface area contributed by atoms with Crippen LogP contribution in [-0.2, 0) is 47.6 Å². The van der Waals surface area contributed by atoms with Crippen molar-refractivity contribution in [2.24, 2.45) is 0 Å². The van der Waals surface area contributed by atoms with Crippen LogP contribution in [0.2, 0.25) is 0 Å². The summed E-state index contributed by atoms with van der Waals surface area (Å²) in [5.41, 5.74) is 1.35. The summed E-state index contributed by atoms with van der Waals surface area (Å²) in [6, 6.07) is 0. The van der Waals surface area contributed by atoms with Gasteiger partial charge in [0.15, 0.2) is 0 Å². The molecule has 0 amide bonds. The Balaban J connectivity index is 0. The minimum Gasteiger partial charge on any atom is -0.460 e. The first-order valence-electron chi connectivity index (χ1n) is 10.4. The van der Waals surface area contributed by atoms with Crippen LogP contribution in [0.25, 0.3) is 0 Å². The first-order chi connectivity index (χ1) is 15.9. The van der Waals surface area contributed by atoms with E-state index in [9.17, 15) is 19.2 Å². The molecule has 0 radical (unpaired) electrons. The lowest BCUT2D eigenvalue weighted by Gasteiger charge is -2.07. The topological polar surface area (TPSA) is 124 Å². The van der Waals surface area contributed by atoms with Crippen molar-refractivity contribution in [3.05, 3.63) is 48.6 Å². The maximum atomic E-state index is 11.0. The van der Waals surface area contributed by atoms with Crippen molar-refractivity contribution in [2.45, 2.75) is 27.7 Å². The maximum Gasteiger partial charge on any atom is 0.333 e. The minimum atomic E-state index is -0.489. The fourth-order valence-corrected chi connectivity index (χ4v) is 1.47. The molecular weight excluding hydrogens is 448 g/mol. The molecule has 0 aromatic heterocycles. The summed E-state index contributed by atoms with van der Waals surface area (Å²) in [5.74, 6) is -1.83. The van der Waals surface area contributed by atoms with Gasteiger partial charge in [0.05, 0.1) is 26.4 Å². The van der Waals surface area contributed by atoms with Crippen LogP contribution in [0.4, 0.5) is 0 Å². The lowest BCUT2D eigenvalue weighted by molar-refractivity contribution is -0.147. The van der Waals surface area contributed by atoms with Gasteiger partial charge in [-0.1, -0.05) is 26.3 Å². The van der Waals surface area contributed by atoms with E-state index in [0.717, 1.165) is 0 Å². The minimum absolute atomic E-state index is 0.0325. The van der Waals surface area contributed by atoms with E-state index in [2.05, 4.69) is 35.8 Å². The van der Waals surface area contributed by atoms with Gasteiger partial charge >= 0.3 is 23.9 Å². The molecule has 34 heavy (non-hydrogen) atoms. The molecule has 0 fully saturated rings. The first kappa shape index (κ1) is 32.9. The predicted molar refractivity (Wildman–Crippen MR) is 125 cm³/mol. The third-order valence-corrected chi connectivity index (χ3v) is 3.24. The second-order valence-corrected chi connectivity index (χ2v) is 6.89. The van der Waals surface area contributed by atoms with E-state index in [1.54, 1.807) is 27.7 Å². The van der Waals surface area contributed by atoms with Crippen LogP contribution in [0.5, 0.6) is 0 Å². The molecule has 192 valence electrons. The molecule has 10 nitrogen and oxygen atoms in total. The summed E-state index contributed by atoms with van der Waals surface area (Å²) in [6.07, 6.45) is 0. The first-order valence-corrected chi connectivity index (χ1v) is 10.4. The third kappa shape index (κ3) is 20.7. The van der Waals surface area contributed by atoms with Crippen molar-refractivity contribution in [1.82, 2.24) is 0 Å². The summed E-state index contributed by atoms with van der Waals surface area (Å²) in [5, 5.41) is 0. The molecule has 0 aliphatic heterocycles. The van der Waals surface area contributed by atoms with Gasteiger partial charge in [0.25, 0.3) is 0 Å². The Morgan fingerprint density at radius 3 is 0.794 bits per heavy atom. The summed E-state index contributed by atoms with van der Waals surface area (Å²) < 4.78 is 29.4. The number of carbonyl (C=O) groups excluding carboxylic acids is 4. The Bertz CT molecular complexity index is 674. The quantitative estimate of drug-likeness (QED) is 0.140. The summed E-state index contributed by atoms with van der Waals surface area (Å²) in [6.45, 7) is 21.7. The van der Waals surface area contributed by atoms with Gasteiger partial charge in [-0.3, -0.25) is 0 Å². The SMILES string of the molecule is C=C(C)C(=O)OCCOC(=O)C(=C)C.C=C(C)C(=O)OCCOCCOCCOC(=O)C(=C)C. The number of esters is 4. The molecule has 0 aliphatic rings. The lowest BCUT2D eigenvalue weighted by Crippen LogP contribution is -2.15. The fraction of sp³-hybridized carbons (Fsp3) is 0.500. The molecule has 0 rings (SSSR count). The Hall–Kier alpha value is -3.24. The van der Waals surface area contributed by atoms with Crippen LogP contribution in [0.3, 0.4) is 0 Å². The van der Waals surface area contributed by atoms with Gasteiger partial charge < -0.3 is 28.4 Å². The number of ether oxygens (including phenoxy) is 6. The predicted octanol–water partition coefficient (Wildman–Crippen LogP) is 2.48. The molecule has 0 aliphatic carbocycles. The Morgan fingerprint density at radius 1 is 0.412 bits per heavy atom. The van der Waals surface area contributed by atoms with E-state index in [1.165, 1.54) is 0 Å². The molecule has 0 aromatic carbocycles. The number of carbonyl (C=O) groups is 4. The van der Waals surface area contributed by atoms with Crippen LogP contribution < -0.4 is 0 Å². The largest absolute Gasteiger partial charge is 0.460 e. The van der Waals surface area contributed by atoms with Crippen LogP contribution >= 0.6 is 0 Å². The van der Waals surface area contributed by atoms with Gasteiger partial charge in [-0.2, -0.15) is 0 Å². The average Bonchev–Trinajstić information content (AvgIpc) is 2.77. The van der Waals surface area contributed by atoms with Gasteiger partial charge in [0, 0.05) is 22.3 Å². The van der Waals surface area contributed by atoms with Gasteiger partial charge in [-0.05, 0) is 27.7 Å². The second kappa shape index (κ2) is 20.4. The zero-order valence-corrected chi connectivity index (χ0v) is 20.6. The second-order valence-electron chi connectivity index (χ2n) is 6.89. The highest BCUT2D eigenvalue weighted by molar-refractivity contribution is 5.88. The molecule has 0 atom stereocenters. The summed E-state index contributed by atoms with van der Waals surface area (Å²) in [4.78, 5) is 43.7. The van der Waals surface area contributed by atoms with E-state index >= 15 is 0 Å². The molecular formula is C24H36O10. The normalized spacial score (nSPS) is 9.53. The van der Waals surface area contributed by atoms with E-state index < -0.39 is 23.9 Å². The van der Waals surface area contributed by atoms with E-state index in [0.29, 0.717) is 48.7 Å². The zero-order chi connectivity index (χ0) is 26.5. The number of hydrogen-bond acceptors (Lipinski definition) is 10. The molecule has 0 spiro atoms. The Kier molecular flexibility index (Phi) is 19.7. The van der Waals surface area contributed by atoms with Gasteiger partial charge in [0.1, 0.15) is 26.4 Å². The third-order valence-electron chi connectivity index (χ3n) is 3.24. The highest BCUT2D eigenvalue weighted by atomic mass is 16.6. The smallest absolute Gasteiger partial charge is 0.333 e. The van der Waals surface area contributed by atoms with Crippen LogP contribution in [-0.4, -0.2) is 76.7 Å². The fourth-order valence-electron chi connectivity index (χ4n) is 1.47. The van der Waals surface area contributed by atoms with Crippen molar-refractivity contribution >= 4 is 23.9 Å². The zero-order valence-electron chi connectivity index (χ0n) is 20.6. The van der Waals surface area contributed by atoms with Crippen molar-refractivity contribution < 1.29 is 47.6 Å². The molecule has 0 heterocycles. The van der Waals surface area contributed by atoms with Crippen LogP contribution in [0.1, 0.15) is 27.7 Å². The van der Waals surface area contributed by atoms with Crippen LogP contribution in [0, 0.1) is 0 Å². The van der Waals surface area contributed by atoms with Crippen molar-refractivity contribution in [1.29, 1.82) is 0 Å². The standard InChI is InChI=1S/C14H22O6.C10H14O4/c1-11(2)13(15)19-9-7-17-5-6-18-8-10-20-14(16)12(3)4;1-7(2)9(11)13-5-6-14-10(12)8(3)4/h1,3,5-10H2,2,4H3;1,3,5-6H2,2,4H3. The van der Waals surface area contributed by atoms with Gasteiger partial charge in [-0.25, -0.2) is 19.2 Å². The Morgan fingerprint density at radius 2 is 0.588 bits per heavy atom. The average molecular weight is 485 g/mol. The van der Waals surface area contributed by atoms with E-state index in [1.807, 2.05) is 0 Å². The molecule has 0 bridgehead atoms. The molecule has 0 saturated carbocycles. The monoisotopic (exact) mass is 484 g/mol. The molecule has 0 N–H and O–H groups in total. The number of rotatable bonds is 16. The molecule has 10 heteroatoms. The molecule has 0 saturated heterocycles. The lowest BCUT2D eigenvalue weighted by atomic mass is 10.4.